The highest BCUT2D eigenvalue weighted by Gasteiger charge is 2.08. The number of aromatic nitrogens is 2. The summed E-state index contributed by atoms with van der Waals surface area (Å²) in [6, 6.07) is 7.92. The molecule has 0 aliphatic heterocycles. The molecule has 15 heavy (non-hydrogen) atoms. The van der Waals surface area contributed by atoms with E-state index in [0.717, 1.165) is 5.69 Å². The Hall–Kier alpha value is -1.97. The van der Waals surface area contributed by atoms with E-state index < -0.39 is 0 Å². The Balaban J connectivity index is 2.58. The fraction of sp³-hybridized carbons (Fsp3) is 0.0909. The van der Waals surface area contributed by atoms with E-state index in [9.17, 15) is 9.18 Å². The first kappa shape index (κ1) is 9.58. The molecule has 2 rings (SSSR count). The van der Waals surface area contributed by atoms with Gasteiger partial charge in [0.1, 0.15) is 17.2 Å². The Morgan fingerprint density at radius 1 is 1.40 bits per heavy atom. The van der Waals surface area contributed by atoms with Gasteiger partial charge in [-0.3, -0.25) is 4.79 Å². The highest BCUT2D eigenvalue weighted by molar-refractivity contribution is 5.72. The van der Waals surface area contributed by atoms with E-state index in [0.29, 0.717) is 17.7 Å². The van der Waals surface area contributed by atoms with Crippen LogP contribution in [0.25, 0.3) is 5.69 Å². The molecule has 0 radical (unpaired) electrons. The zero-order valence-electron chi connectivity index (χ0n) is 8.14. The first-order valence-electron chi connectivity index (χ1n) is 4.49. The number of benzene rings is 1. The Labute approximate surface area is 86.2 Å². The maximum Gasteiger partial charge on any atom is 0.170 e. The normalized spacial score (nSPS) is 10.3. The lowest BCUT2D eigenvalue weighted by Crippen LogP contribution is -2.01. The summed E-state index contributed by atoms with van der Waals surface area (Å²) in [5, 5.41) is 3.97. The molecule has 0 bridgehead atoms. The Morgan fingerprint density at radius 2 is 2.13 bits per heavy atom. The third kappa shape index (κ3) is 1.66. The van der Waals surface area contributed by atoms with Crippen molar-refractivity contribution in [1.29, 1.82) is 0 Å². The van der Waals surface area contributed by atoms with Gasteiger partial charge < -0.3 is 0 Å². The molecule has 2 aromatic rings. The quantitative estimate of drug-likeness (QED) is 0.702. The Kier molecular flexibility index (Phi) is 2.33. The molecule has 1 aromatic carbocycles. The summed E-state index contributed by atoms with van der Waals surface area (Å²) in [6.45, 7) is 1.77. The van der Waals surface area contributed by atoms with Crippen LogP contribution in [0.1, 0.15) is 16.2 Å². The van der Waals surface area contributed by atoms with Gasteiger partial charge in [-0.15, -0.1) is 0 Å². The van der Waals surface area contributed by atoms with Crippen LogP contribution in [0.5, 0.6) is 0 Å². The number of hydrogen-bond acceptors (Lipinski definition) is 2. The number of halogens is 1. The van der Waals surface area contributed by atoms with Crippen molar-refractivity contribution in [2.75, 3.05) is 0 Å². The van der Waals surface area contributed by atoms with Crippen LogP contribution in [-0.4, -0.2) is 16.1 Å². The lowest BCUT2D eigenvalue weighted by molar-refractivity contribution is 0.111. The number of hydrogen-bond donors (Lipinski definition) is 0. The molecule has 0 atom stereocenters. The second-order valence-corrected chi connectivity index (χ2v) is 3.19. The van der Waals surface area contributed by atoms with Gasteiger partial charge in [-0.2, -0.15) is 5.10 Å². The van der Waals surface area contributed by atoms with Crippen molar-refractivity contribution in [3.63, 3.8) is 0 Å². The fourth-order valence-corrected chi connectivity index (χ4v) is 1.42. The van der Waals surface area contributed by atoms with E-state index in [2.05, 4.69) is 5.10 Å². The third-order valence-corrected chi connectivity index (χ3v) is 2.11. The lowest BCUT2D eigenvalue weighted by Gasteiger charge is -2.04. The summed E-state index contributed by atoms with van der Waals surface area (Å²) >= 11 is 0. The van der Waals surface area contributed by atoms with Crippen LogP contribution in [-0.2, 0) is 0 Å². The zero-order valence-corrected chi connectivity index (χ0v) is 8.14. The Morgan fingerprint density at radius 3 is 2.73 bits per heavy atom. The van der Waals surface area contributed by atoms with Crippen LogP contribution in [0, 0.1) is 12.7 Å². The van der Waals surface area contributed by atoms with Crippen LogP contribution in [0.3, 0.4) is 0 Å². The highest BCUT2D eigenvalue weighted by Crippen LogP contribution is 2.14. The third-order valence-electron chi connectivity index (χ3n) is 2.11. The van der Waals surface area contributed by atoms with Gasteiger partial charge in [0, 0.05) is 5.69 Å². The molecule has 0 aliphatic carbocycles. The summed E-state index contributed by atoms with van der Waals surface area (Å²) in [5.41, 5.74) is 1.38. The number of nitrogens with zero attached hydrogens (tertiary/aromatic N) is 2. The van der Waals surface area contributed by atoms with Crippen molar-refractivity contribution in [2.45, 2.75) is 6.92 Å². The number of rotatable bonds is 2. The first-order valence-corrected chi connectivity index (χ1v) is 4.49. The summed E-state index contributed by atoms with van der Waals surface area (Å²) in [5.74, 6) is -0.360. The summed E-state index contributed by atoms with van der Waals surface area (Å²) < 4.78 is 14.8. The van der Waals surface area contributed by atoms with E-state index in [1.165, 1.54) is 10.7 Å². The van der Waals surface area contributed by atoms with Crippen molar-refractivity contribution in [2.24, 2.45) is 0 Å². The van der Waals surface area contributed by atoms with E-state index in [1.54, 1.807) is 31.2 Å². The highest BCUT2D eigenvalue weighted by atomic mass is 19.1. The molecule has 4 heteroatoms. The molecule has 0 saturated heterocycles. The maximum atomic E-state index is 13.4. The molecule has 0 unspecified atom stereocenters. The lowest BCUT2D eigenvalue weighted by atomic mass is 10.3. The van der Waals surface area contributed by atoms with E-state index in [4.69, 9.17) is 0 Å². The topological polar surface area (TPSA) is 34.9 Å². The molecule has 0 fully saturated rings. The standard InChI is InChI=1S/C11H9FN2O/c1-8-6-9(7-15)13-14(8)11-5-3-2-4-10(11)12/h2-7H,1H3. The zero-order chi connectivity index (χ0) is 10.8. The van der Waals surface area contributed by atoms with Gasteiger partial charge in [-0.25, -0.2) is 9.07 Å². The van der Waals surface area contributed by atoms with Gasteiger partial charge in [0.05, 0.1) is 0 Å². The van der Waals surface area contributed by atoms with Crippen LogP contribution >= 0.6 is 0 Å². The Bertz CT molecular complexity index is 505. The monoisotopic (exact) mass is 204 g/mol. The molecule has 1 aromatic heterocycles. The van der Waals surface area contributed by atoms with Crippen molar-refractivity contribution in [1.82, 2.24) is 9.78 Å². The van der Waals surface area contributed by atoms with Crippen molar-refractivity contribution in [3.05, 3.63) is 47.5 Å². The number of carbonyl (C=O) groups is 1. The largest absolute Gasteiger partial charge is 0.296 e. The van der Waals surface area contributed by atoms with E-state index in [-0.39, 0.29) is 5.82 Å². The number of aryl methyl sites for hydroxylation is 1. The second kappa shape index (κ2) is 3.65. The number of para-hydroxylation sites is 1. The van der Waals surface area contributed by atoms with E-state index >= 15 is 0 Å². The summed E-state index contributed by atoms with van der Waals surface area (Å²) in [7, 11) is 0. The van der Waals surface area contributed by atoms with Crippen LogP contribution < -0.4 is 0 Å². The van der Waals surface area contributed by atoms with Gasteiger partial charge >= 0.3 is 0 Å². The first-order chi connectivity index (χ1) is 7.22. The molecule has 0 N–H and O–H groups in total. The van der Waals surface area contributed by atoms with Gasteiger partial charge in [0.2, 0.25) is 0 Å². The predicted octanol–water partition coefficient (Wildman–Crippen LogP) is 2.13. The average Bonchev–Trinajstić information content (AvgIpc) is 2.60. The second-order valence-electron chi connectivity index (χ2n) is 3.19. The van der Waals surface area contributed by atoms with Gasteiger partial charge in [0.25, 0.3) is 0 Å². The van der Waals surface area contributed by atoms with Crippen LogP contribution in [0.4, 0.5) is 4.39 Å². The number of aldehydes is 1. The number of carbonyl (C=O) groups excluding carboxylic acids is 1. The fourth-order valence-electron chi connectivity index (χ4n) is 1.42. The van der Waals surface area contributed by atoms with E-state index in [1.807, 2.05) is 0 Å². The molecule has 0 saturated carbocycles. The molecule has 0 amide bonds. The molecule has 0 aliphatic rings. The molecule has 76 valence electrons. The molecular formula is C11H9FN2O. The maximum absolute atomic E-state index is 13.4. The summed E-state index contributed by atoms with van der Waals surface area (Å²) in [4.78, 5) is 10.5. The van der Waals surface area contributed by atoms with Crippen molar-refractivity contribution < 1.29 is 9.18 Å². The van der Waals surface area contributed by atoms with Gasteiger partial charge in [0.15, 0.2) is 6.29 Å². The predicted molar refractivity (Wildman–Crippen MR) is 53.6 cm³/mol. The van der Waals surface area contributed by atoms with Gasteiger partial charge in [-0.05, 0) is 25.1 Å². The average molecular weight is 204 g/mol. The molecule has 1 heterocycles. The van der Waals surface area contributed by atoms with Crippen molar-refractivity contribution in [3.8, 4) is 5.69 Å². The minimum absolute atomic E-state index is 0.302. The minimum atomic E-state index is -0.360. The molecule has 0 spiro atoms. The summed E-state index contributed by atoms with van der Waals surface area (Å²) in [6.07, 6.45) is 0.643. The molecular weight excluding hydrogens is 195 g/mol. The SMILES string of the molecule is Cc1cc(C=O)nn1-c1ccccc1F. The van der Waals surface area contributed by atoms with Crippen LogP contribution in [0.2, 0.25) is 0 Å². The smallest absolute Gasteiger partial charge is 0.170 e. The van der Waals surface area contributed by atoms with Crippen molar-refractivity contribution >= 4 is 6.29 Å². The van der Waals surface area contributed by atoms with Gasteiger partial charge in [-0.1, -0.05) is 12.1 Å². The van der Waals surface area contributed by atoms with Crippen LogP contribution in [0.15, 0.2) is 30.3 Å². The minimum Gasteiger partial charge on any atom is -0.296 e. The molecule has 3 nitrogen and oxygen atoms in total.